The molecule has 124 valence electrons. The Morgan fingerprint density at radius 2 is 2.14 bits per heavy atom. The molecule has 3 heterocycles. The van der Waals surface area contributed by atoms with Gasteiger partial charge < -0.3 is 9.30 Å². The van der Waals surface area contributed by atoms with Crippen LogP contribution in [0.15, 0.2) is 0 Å². The molecule has 0 aliphatic carbocycles. The van der Waals surface area contributed by atoms with Crippen LogP contribution in [0.2, 0.25) is 0 Å². The van der Waals surface area contributed by atoms with E-state index in [0.717, 1.165) is 44.8 Å². The lowest BCUT2D eigenvalue weighted by molar-refractivity contribution is 0.111. The van der Waals surface area contributed by atoms with Crippen LogP contribution >= 0.6 is 0 Å². The standard InChI is InChI=1S/C16H29N5O/c1-19(10-13-9-14(22-3)11-20(13)2)12-16-18-17-15-7-5-4-6-8-21(15)16/h13-14H,4-12H2,1-3H3/t13-,14-/m0/s1. The van der Waals surface area contributed by atoms with E-state index in [9.17, 15) is 0 Å². The molecule has 0 unspecified atom stereocenters. The fourth-order valence-electron chi connectivity index (χ4n) is 3.74. The first kappa shape index (κ1) is 15.9. The Morgan fingerprint density at radius 3 is 2.91 bits per heavy atom. The van der Waals surface area contributed by atoms with Gasteiger partial charge in [-0.25, -0.2) is 0 Å². The number of ether oxygens (including phenoxy) is 1. The van der Waals surface area contributed by atoms with Gasteiger partial charge in [-0.3, -0.25) is 9.80 Å². The van der Waals surface area contributed by atoms with E-state index < -0.39 is 0 Å². The summed E-state index contributed by atoms with van der Waals surface area (Å²) in [5.74, 6) is 2.31. The smallest absolute Gasteiger partial charge is 0.147 e. The van der Waals surface area contributed by atoms with Crippen LogP contribution < -0.4 is 0 Å². The van der Waals surface area contributed by atoms with E-state index in [1.54, 1.807) is 0 Å². The molecule has 3 rings (SSSR count). The van der Waals surface area contributed by atoms with Gasteiger partial charge in [-0.1, -0.05) is 6.42 Å². The van der Waals surface area contributed by atoms with E-state index in [1.807, 2.05) is 7.11 Å². The highest BCUT2D eigenvalue weighted by Gasteiger charge is 2.30. The molecule has 0 N–H and O–H groups in total. The zero-order valence-corrected chi connectivity index (χ0v) is 14.2. The lowest BCUT2D eigenvalue weighted by Gasteiger charge is -2.25. The van der Waals surface area contributed by atoms with Gasteiger partial charge >= 0.3 is 0 Å². The summed E-state index contributed by atoms with van der Waals surface area (Å²) in [6.07, 6.45) is 6.39. The fraction of sp³-hybridized carbons (Fsp3) is 0.875. The first-order valence-electron chi connectivity index (χ1n) is 8.50. The Balaban J connectivity index is 1.58. The van der Waals surface area contributed by atoms with E-state index in [1.165, 1.54) is 25.1 Å². The monoisotopic (exact) mass is 307 g/mol. The van der Waals surface area contributed by atoms with Crippen LogP contribution in [0.25, 0.3) is 0 Å². The van der Waals surface area contributed by atoms with Crippen molar-refractivity contribution in [1.82, 2.24) is 24.6 Å². The van der Waals surface area contributed by atoms with Gasteiger partial charge in [0.25, 0.3) is 0 Å². The second-order valence-electron chi connectivity index (χ2n) is 6.88. The molecule has 0 spiro atoms. The van der Waals surface area contributed by atoms with Gasteiger partial charge in [0.15, 0.2) is 0 Å². The first-order valence-corrected chi connectivity index (χ1v) is 8.50. The summed E-state index contributed by atoms with van der Waals surface area (Å²) in [6, 6.07) is 0.571. The van der Waals surface area contributed by atoms with Crippen molar-refractivity contribution in [2.75, 3.05) is 34.3 Å². The van der Waals surface area contributed by atoms with Crippen LogP contribution in [0.4, 0.5) is 0 Å². The summed E-state index contributed by atoms with van der Waals surface area (Å²) in [5, 5.41) is 8.83. The number of likely N-dealkylation sites (tertiary alicyclic amines) is 1. The number of aromatic nitrogens is 3. The summed E-state index contributed by atoms with van der Waals surface area (Å²) in [4.78, 5) is 4.79. The number of nitrogens with zero attached hydrogens (tertiary/aromatic N) is 5. The maximum atomic E-state index is 5.50. The number of aryl methyl sites for hydroxylation is 1. The predicted molar refractivity (Wildman–Crippen MR) is 85.7 cm³/mol. The molecule has 1 aromatic heterocycles. The average Bonchev–Trinajstić information content (AvgIpc) is 2.94. The maximum Gasteiger partial charge on any atom is 0.147 e. The predicted octanol–water partition coefficient (Wildman–Crippen LogP) is 1.16. The van der Waals surface area contributed by atoms with Gasteiger partial charge in [0, 0.05) is 39.2 Å². The fourth-order valence-corrected chi connectivity index (χ4v) is 3.74. The van der Waals surface area contributed by atoms with Crippen LogP contribution in [-0.4, -0.2) is 71.0 Å². The first-order chi connectivity index (χ1) is 10.7. The molecule has 6 nitrogen and oxygen atoms in total. The second kappa shape index (κ2) is 7.06. The number of hydrogen-bond acceptors (Lipinski definition) is 5. The number of hydrogen-bond donors (Lipinski definition) is 0. The molecule has 2 aliphatic rings. The highest BCUT2D eigenvalue weighted by atomic mass is 16.5. The third-order valence-corrected chi connectivity index (χ3v) is 5.10. The van der Waals surface area contributed by atoms with Crippen LogP contribution in [-0.2, 0) is 24.2 Å². The van der Waals surface area contributed by atoms with Gasteiger partial charge in [0.1, 0.15) is 11.6 Å². The molecule has 0 saturated carbocycles. The Hall–Kier alpha value is -0.980. The van der Waals surface area contributed by atoms with E-state index in [0.29, 0.717) is 12.1 Å². The van der Waals surface area contributed by atoms with Gasteiger partial charge in [0.05, 0.1) is 12.6 Å². The third-order valence-electron chi connectivity index (χ3n) is 5.10. The minimum absolute atomic E-state index is 0.382. The Bertz CT molecular complexity index is 489. The molecule has 2 atom stereocenters. The second-order valence-corrected chi connectivity index (χ2v) is 6.88. The van der Waals surface area contributed by atoms with Crippen molar-refractivity contribution in [3.63, 3.8) is 0 Å². The molecular formula is C16H29N5O. The SMILES string of the molecule is CO[C@H]1C[C@@H](CN(C)Cc2nnc3n2CCCCC3)N(C)C1. The summed E-state index contributed by atoms with van der Waals surface area (Å²) < 4.78 is 7.85. The lowest BCUT2D eigenvalue weighted by Crippen LogP contribution is -2.36. The molecular weight excluding hydrogens is 278 g/mol. The van der Waals surface area contributed by atoms with E-state index in [-0.39, 0.29) is 0 Å². The summed E-state index contributed by atoms with van der Waals surface area (Å²) in [5.41, 5.74) is 0. The molecule has 2 aliphatic heterocycles. The van der Waals surface area contributed by atoms with Crippen LogP contribution in [0, 0.1) is 0 Å². The molecule has 0 radical (unpaired) electrons. The molecule has 0 aromatic carbocycles. The van der Waals surface area contributed by atoms with Crippen LogP contribution in [0.1, 0.15) is 37.3 Å². The normalized spacial score (nSPS) is 26.4. The zero-order chi connectivity index (χ0) is 15.5. The number of rotatable bonds is 5. The van der Waals surface area contributed by atoms with E-state index in [2.05, 4.69) is 38.7 Å². The number of fused-ring (bicyclic) bond motifs is 1. The molecule has 0 bridgehead atoms. The Kier molecular flexibility index (Phi) is 5.10. The van der Waals surface area contributed by atoms with Crippen molar-refractivity contribution in [1.29, 1.82) is 0 Å². The minimum atomic E-state index is 0.382. The summed E-state index contributed by atoms with van der Waals surface area (Å²) in [6.45, 7) is 4.06. The Labute approximate surface area is 133 Å². The van der Waals surface area contributed by atoms with Crippen LogP contribution in [0.5, 0.6) is 0 Å². The van der Waals surface area contributed by atoms with E-state index >= 15 is 0 Å². The molecule has 1 aromatic rings. The van der Waals surface area contributed by atoms with Gasteiger partial charge in [-0.15, -0.1) is 10.2 Å². The van der Waals surface area contributed by atoms with E-state index in [4.69, 9.17) is 4.74 Å². The topological polar surface area (TPSA) is 46.4 Å². The van der Waals surface area contributed by atoms with Gasteiger partial charge in [-0.05, 0) is 33.4 Å². The van der Waals surface area contributed by atoms with Crippen molar-refractivity contribution < 1.29 is 4.74 Å². The highest BCUT2D eigenvalue weighted by Crippen LogP contribution is 2.20. The largest absolute Gasteiger partial charge is 0.380 e. The molecule has 22 heavy (non-hydrogen) atoms. The zero-order valence-electron chi connectivity index (χ0n) is 14.2. The van der Waals surface area contributed by atoms with Crippen molar-refractivity contribution in [3.05, 3.63) is 11.6 Å². The quantitative estimate of drug-likeness (QED) is 0.817. The van der Waals surface area contributed by atoms with Gasteiger partial charge in [0.2, 0.25) is 0 Å². The summed E-state index contributed by atoms with van der Waals surface area (Å²) >= 11 is 0. The Morgan fingerprint density at radius 1 is 1.27 bits per heavy atom. The minimum Gasteiger partial charge on any atom is -0.380 e. The highest BCUT2D eigenvalue weighted by molar-refractivity contribution is 4.98. The van der Waals surface area contributed by atoms with Crippen molar-refractivity contribution in [3.8, 4) is 0 Å². The van der Waals surface area contributed by atoms with Crippen molar-refractivity contribution >= 4 is 0 Å². The molecule has 1 saturated heterocycles. The van der Waals surface area contributed by atoms with Crippen LogP contribution in [0.3, 0.4) is 0 Å². The average molecular weight is 307 g/mol. The maximum absolute atomic E-state index is 5.50. The molecule has 1 fully saturated rings. The summed E-state index contributed by atoms with van der Waals surface area (Å²) in [7, 11) is 6.20. The number of methoxy groups -OCH3 is 1. The number of likely N-dealkylation sites (N-methyl/N-ethyl adjacent to an activating group) is 2. The molecule has 6 heteroatoms. The van der Waals surface area contributed by atoms with Crippen molar-refractivity contribution in [2.45, 2.75) is 57.3 Å². The lowest BCUT2D eigenvalue weighted by atomic mass is 10.2. The van der Waals surface area contributed by atoms with Gasteiger partial charge in [-0.2, -0.15) is 0 Å². The molecule has 0 amide bonds. The van der Waals surface area contributed by atoms with Crippen molar-refractivity contribution in [2.24, 2.45) is 0 Å². The third kappa shape index (κ3) is 3.50.